The molecule has 4 rings (SSSR count). The van der Waals surface area contributed by atoms with E-state index in [1.807, 2.05) is 42.5 Å². The molecule has 29 heavy (non-hydrogen) atoms. The van der Waals surface area contributed by atoms with E-state index in [9.17, 15) is 4.79 Å². The highest BCUT2D eigenvalue weighted by Gasteiger charge is 2.15. The number of aryl methyl sites for hydroxylation is 2. The molecule has 1 heterocycles. The minimum atomic E-state index is -0.191. The van der Waals surface area contributed by atoms with Gasteiger partial charge in [0.1, 0.15) is 0 Å². The zero-order chi connectivity index (χ0) is 20.4. The molecule has 0 atom stereocenters. The molecule has 3 aromatic carbocycles. The molecule has 0 aliphatic heterocycles. The predicted octanol–water partition coefficient (Wildman–Crippen LogP) is 6.00. The van der Waals surface area contributed by atoms with Gasteiger partial charge in [0.15, 0.2) is 4.80 Å². The van der Waals surface area contributed by atoms with E-state index in [0.717, 1.165) is 28.5 Å². The fraction of sp³-hybridized carbons (Fsp3) is 0.200. The highest BCUT2D eigenvalue weighted by atomic mass is 32.1. The van der Waals surface area contributed by atoms with E-state index in [2.05, 4.69) is 54.6 Å². The molecule has 0 fully saturated rings. The number of hydrogen-bond acceptors (Lipinski definition) is 2. The van der Waals surface area contributed by atoms with E-state index < -0.39 is 0 Å². The van der Waals surface area contributed by atoms with Gasteiger partial charge in [-0.15, -0.1) is 11.3 Å². The minimum absolute atomic E-state index is 0.191. The monoisotopic (exact) mass is 400 g/mol. The molecule has 146 valence electrons. The Morgan fingerprint density at radius 2 is 1.69 bits per heavy atom. The summed E-state index contributed by atoms with van der Waals surface area (Å²) in [5.74, 6) is -0.191. The second-order valence-electron chi connectivity index (χ2n) is 7.06. The van der Waals surface area contributed by atoms with Crippen LogP contribution in [0.25, 0.3) is 22.0 Å². The molecule has 0 N–H and O–H groups in total. The molecule has 0 bridgehead atoms. The Morgan fingerprint density at radius 1 is 0.966 bits per heavy atom. The predicted molar refractivity (Wildman–Crippen MR) is 121 cm³/mol. The first-order valence-corrected chi connectivity index (χ1v) is 10.8. The Kier molecular flexibility index (Phi) is 5.45. The molecular weight excluding hydrogens is 376 g/mol. The van der Waals surface area contributed by atoms with Crippen molar-refractivity contribution in [1.82, 2.24) is 4.57 Å². The number of amides is 1. The molecule has 0 saturated heterocycles. The first-order valence-electron chi connectivity index (χ1n) is 9.98. The van der Waals surface area contributed by atoms with Crippen molar-refractivity contribution in [1.29, 1.82) is 0 Å². The minimum Gasteiger partial charge on any atom is -0.316 e. The highest BCUT2D eigenvalue weighted by molar-refractivity contribution is 7.09. The number of thiazole rings is 1. The fourth-order valence-electron chi connectivity index (χ4n) is 3.66. The number of carbonyl (C=O) groups is 1. The fourth-order valence-corrected chi connectivity index (χ4v) is 4.81. The first kappa shape index (κ1) is 19.3. The molecule has 1 aromatic heterocycles. The summed E-state index contributed by atoms with van der Waals surface area (Å²) >= 11 is 1.61. The summed E-state index contributed by atoms with van der Waals surface area (Å²) < 4.78 is 2.16. The highest BCUT2D eigenvalue weighted by Crippen LogP contribution is 2.27. The Bertz CT molecular complexity index is 1240. The maximum atomic E-state index is 13.1. The summed E-state index contributed by atoms with van der Waals surface area (Å²) in [6.45, 7) is 7.11. The van der Waals surface area contributed by atoms with Crippen molar-refractivity contribution < 1.29 is 4.79 Å². The maximum Gasteiger partial charge on any atom is 0.280 e. The first-order chi connectivity index (χ1) is 14.1. The molecule has 3 nitrogen and oxygen atoms in total. The van der Waals surface area contributed by atoms with Crippen LogP contribution in [0.2, 0.25) is 0 Å². The summed E-state index contributed by atoms with van der Waals surface area (Å²) in [5.41, 5.74) is 4.23. The average Bonchev–Trinajstić information content (AvgIpc) is 3.11. The third-order valence-electron chi connectivity index (χ3n) is 5.16. The topological polar surface area (TPSA) is 34.4 Å². The molecule has 0 unspecified atom stereocenters. The van der Waals surface area contributed by atoms with E-state index in [4.69, 9.17) is 0 Å². The lowest BCUT2D eigenvalue weighted by Gasteiger charge is -2.09. The van der Waals surface area contributed by atoms with Crippen molar-refractivity contribution in [3.8, 4) is 11.3 Å². The molecule has 0 aliphatic rings. The molecule has 0 radical (unpaired) electrons. The zero-order valence-electron chi connectivity index (χ0n) is 17.0. The van der Waals surface area contributed by atoms with Gasteiger partial charge < -0.3 is 4.57 Å². The summed E-state index contributed by atoms with van der Waals surface area (Å²) in [7, 11) is 0. The van der Waals surface area contributed by atoms with Crippen LogP contribution < -0.4 is 4.80 Å². The Balaban J connectivity index is 1.87. The van der Waals surface area contributed by atoms with Gasteiger partial charge in [0, 0.05) is 17.0 Å². The lowest BCUT2D eigenvalue weighted by Crippen LogP contribution is -2.17. The number of carbonyl (C=O) groups excluding carboxylic acids is 1. The van der Waals surface area contributed by atoms with Gasteiger partial charge in [0.05, 0.1) is 5.69 Å². The number of fused-ring (bicyclic) bond motifs is 1. The van der Waals surface area contributed by atoms with Crippen LogP contribution in [0.5, 0.6) is 0 Å². The second kappa shape index (κ2) is 8.18. The Labute approximate surface area is 175 Å². The van der Waals surface area contributed by atoms with Gasteiger partial charge in [-0.3, -0.25) is 4.79 Å². The van der Waals surface area contributed by atoms with Gasteiger partial charge in [-0.05, 0) is 42.7 Å². The lowest BCUT2D eigenvalue weighted by molar-refractivity contribution is 0.0999. The van der Waals surface area contributed by atoms with Gasteiger partial charge in [0.2, 0.25) is 0 Å². The molecule has 4 heteroatoms. The molecule has 0 saturated carbocycles. The van der Waals surface area contributed by atoms with Gasteiger partial charge in [-0.25, -0.2) is 0 Å². The standard InChI is InChI=1S/C25H24N2OS/c1-4-22-23(19-15-13-17(3)14-16-19)27(5-2)25(29-22)26-24(28)21-12-8-10-18-9-6-7-11-20(18)21/h6-16H,4-5H2,1-3H3. The second-order valence-corrected chi connectivity index (χ2v) is 8.13. The van der Waals surface area contributed by atoms with Gasteiger partial charge in [0.25, 0.3) is 5.91 Å². The zero-order valence-corrected chi connectivity index (χ0v) is 17.8. The van der Waals surface area contributed by atoms with E-state index in [1.165, 1.54) is 21.7 Å². The molecule has 1 amide bonds. The van der Waals surface area contributed by atoms with E-state index >= 15 is 0 Å². The van der Waals surface area contributed by atoms with Crippen molar-refractivity contribution in [2.24, 2.45) is 4.99 Å². The average molecular weight is 401 g/mol. The number of benzene rings is 3. The largest absolute Gasteiger partial charge is 0.316 e. The van der Waals surface area contributed by atoms with Gasteiger partial charge >= 0.3 is 0 Å². The van der Waals surface area contributed by atoms with Crippen LogP contribution in [-0.4, -0.2) is 10.5 Å². The normalized spacial score (nSPS) is 11.9. The summed E-state index contributed by atoms with van der Waals surface area (Å²) in [6.07, 6.45) is 0.909. The number of aromatic nitrogens is 1. The van der Waals surface area contributed by atoms with Crippen molar-refractivity contribution >= 4 is 28.0 Å². The summed E-state index contributed by atoms with van der Waals surface area (Å²) in [6, 6.07) is 22.3. The number of nitrogens with zero attached hydrogens (tertiary/aromatic N) is 2. The van der Waals surface area contributed by atoms with E-state index in [0.29, 0.717) is 5.56 Å². The Morgan fingerprint density at radius 3 is 2.41 bits per heavy atom. The van der Waals surface area contributed by atoms with Gasteiger partial charge in [-0.2, -0.15) is 4.99 Å². The van der Waals surface area contributed by atoms with Crippen molar-refractivity contribution in [3.63, 3.8) is 0 Å². The van der Waals surface area contributed by atoms with Crippen LogP contribution in [0.3, 0.4) is 0 Å². The SMILES string of the molecule is CCc1sc(=NC(=O)c2cccc3ccccc23)n(CC)c1-c1ccc(C)cc1. The van der Waals surface area contributed by atoms with Crippen LogP contribution in [0, 0.1) is 6.92 Å². The van der Waals surface area contributed by atoms with Crippen LogP contribution in [0.15, 0.2) is 71.7 Å². The van der Waals surface area contributed by atoms with Crippen molar-refractivity contribution in [3.05, 3.63) is 87.5 Å². The smallest absolute Gasteiger partial charge is 0.280 e. The van der Waals surface area contributed by atoms with Crippen LogP contribution in [-0.2, 0) is 13.0 Å². The van der Waals surface area contributed by atoms with E-state index in [1.54, 1.807) is 11.3 Å². The number of rotatable bonds is 4. The van der Waals surface area contributed by atoms with Crippen molar-refractivity contribution in [2.45, 2.75) is 33.7 Å². The maximum absolute atomic E-state index is 13.1. The molecule has 0 aliphatic carbocycles. The van der Waals surface area contributed by atoms with Crippen LogP contribution in [0.4, 0.5) is 0 Å². The Hall–Kier alpha value is -2.98. The van der Waals surface area contributed by atoms with Crippen LogP contribution in [0.1, 0.15) is 34.6 Å². The molecular formula is C25H24N2OS. The lowest BCUT2D eigenvalue weighted by atomic mass is 10.0. The molecule has 0 spiro atoms. The van der Waals surface area contributed by atoms with Gasteiger partial charge in [-0.1, -0.05) is 73.2 Å². The quantitative estimate of drug-likeness (QED) is 0.413. The third kappa shape index (κ3) is 3.68. The van der Waals surface area contributed by atoms with E-state index in [-0.39, 0.29) is 5.91 Å². The summed E-state index contributed by atoms with van der Waals surface area (Å²) in [5, 5.41) is 2.00. The summed E-state index contributed by atoms with van der Waals surface area (Å²) in [4.78, 5) is 19.7. The van der Waals surface area contributed by atoms with Crippen LogP contribution >= 0.6 is 11.3 Å². The third-order valence-corrected chi connectivity index (χ3v) is 6.38. The molecule has 4 aromatic rings. The number of hydrogen-bond donors (Lipinski definition) is 0. The van der Waals surface area contributed by atoms with Crippen molar-refractivity contribution in [2.75, 3.05) is 0 Å².